The van der Waals surface area contributed by atoms with Crippen LogP contribution < -0.4 is 10.6 Å². The number of thioether (sulfide) groups is 1. The fourth-order valence-corrected chi connectivity index (χ4v) is 3.92. The van der Waals surface area contributed by atoms with Crippen LogP contribution in [0.2, 0.25) is 5.02 Å². The smallest absolute Gasteiger partial charge is 0.251 e. The highest BCUT2D eigenvalue weighted by molar-refractivity contribution is 9.10. The van der Waals surface area contributed by atoms with Crippen molar-refractivity contribution in [1.29, 1.82) is 0 Å². The van der Waals surface area contributed by atoms with Gasteiger partial charge >= 0.3 is 0 Å². The summed E-state index contributed by atoms with van der Waals surface area (Å²) < 4.78 is 2.53. The molecule has 3 rings (SSSR count). The maximum atomic E-state index is 12.5. The lowest BCUT2D eigenvalue weighted by Crippen LogP contribution is -2.28. The minimum absolute atomic E-state index is 0.157. The van der Waals surface area contributed by atoms with Crippen molar-refractivity contribution in [2.24, 2.45) is 7.05 Å². The third-order valence-electron chi connectivity index (χ3n) is 4.45. The highest BCUT2D eigenvalue weighted by atomic mass is 79.9. The van der Waals surface area contributed by atoms with Crippen molar-refractivity contribution in [3.05, 3.63) is 68.9 Å². The molecule has 31 heavy (non-hydrogen) atoms. The Kier molecular flexibility index (Phi) is 7.74. The molecule has 1 aromatic heterocycles. The van der Waals surface area contributed by atoms with Crippen molar-refractivity contribution in [3.63, 3.8) is 0 Å². The van der Waals surface area contributed by atoms with E-state index in [2.05, 4.69) is 36.8 Å². The molecule has 1 atom stereocenters. The molecule has 0 saturated carbocycles. The van der Waals surface area contributed by atoms with Gasteiger partial charge in [0.2, 0.25) is 5.91 Å². The van der Waals surface area contributed by atoms with Gasteiger partial charge in [-0.2, -0.15) is 0 Å². The summed E-state index contributed by atoms with van der Waals surface area (Å²) in [5.74, 6) is 0.387. The van der Waals surface area contributed by atoms with Crippen LogP contribution in [0.5, 0.6) is 0 Å². The molecule has 2 amide bonds. The van der Waals surface area contributed by atoms with Crippen molar-refractivity contribution in [3.8, 4) is 0 Å². The fraction of sp³-hybridized carbons (Fsp3) is 0.238. The molecule has 0 aliphatic heterocycles. The molecule has 0 aliphatic rings. The zero-order valence-electron chi connectivity index (χ0n) is 17.1. The number of nitrogens with zero attached hydrogens (tertiary/aromatic N) is 3. The number of nitrogens with one attached hydrogen (secondary N) is 2. The summed E-state index contributed by atoms with van der Waals surface area (Å²) >= 11 is 10.6. The van der Waals surface area contributed by atoms with Crippen LogP contribution >= 0.6 is 39.3 Å². The number of hydrogen-bond acceptors (Lipinski definition) is 5. The molecule has 162 valence electrons. The average Bonchev–Trinajstić information content (AvgIpc) is 3.10. The van der Waals surface area contributed by atoms with Gasteiger partial charge in [-0.15, -0.1) is 10.2 Å². The number of halogens is 2. The highest BCUT2D eigenvalue weighted by Gasteiger charge is 2.19. The van der Waals surface area contributed by atoms with E-state index in [4.69, 9.17) is 11.6 Å². The second kappa shape index (κ2) is 10.3. The first-order valence-electron chi connectivity index (χ1n) is 9.39. The van der Waals surface area contributed by atoms with E-state index < -0.39 is 0 Å². The second-order valence-electron chi connectivity index (χ2n) is 6.93. The molecule has 0 saturated heterocycles. The Labute approximate surface area is 198 Å². The van der Waals surface area contributed by atoms with E-state index in [1.165, 1.54) is 11.8 Å². The van der Waals surface area contributed by atoms with Crippen molar-refractivity contribution in [2.45, 2.75) is 25.0 Å². The van der Waals surface area contributed by atoms with Gasteiger partial charge in [-0.1, -0.05) is 41.1 Å². The summed E-state index contributed by atoms with van der Waals surface area (Å²) in [4.78, 5) is 24.7. The number of rotatable bonds is 7. The van der Waals surface area contributed by atoms with Crippen LogP contribution in [0.1, 0.15) is 34.7 Å². The van der Waals surface area contributed by atoms with E-state index in [0.29, 0.717) is 27.3 Å². The zero-order chi connectivity index (χ0) is 22.5. The van der Waals surface area contributed by atoms with Gasteiger partial charge in [0.15, 0.2) is 11.0 Å². The number of hydrogen-bond donors (Lipinski definition) is 2. The maximum absolute atomic E-state index is 12.5. The summed E-state index contributed by atoms with van der Waals surface area (Å²) in [7, 11) is 1.80. The Morgan fingerprint density at radius 3 is 2.58 bits per heavy atom. The third-order valence-corrected chi connectivity index (χ3v) is 6.71. The lowest BCUT2D eigenvalue weighted by Gasteiger charge is -2.13. The molecule has 3 aromatic rings. The van der Waals surface area contributed by atoms with Crippen molar-refractivity contribution in [2.75, 3.05) is 11.1 Å². The Morgan fingerprint density at radius 2 is 1.90 bits per heavy atom. The Morgan fingerprint density at radius 1 is 1.19 bits per heavy atom. The van der Waals surface area contributed by atoms with Gasteiger partial charge in [-0.05, 0) is 60.1 Å². The first-order valence-corrected chi connectivity index (χ1v) is 11.5. The molecule has 2 aromatic carbocycles. The molecule has 0 fully saturated rings. The largest absolute Gasteiger partial charge is 0.342 e. The molecule has 7 nitrogen and oxygen atoms in total. The topological polar surface area (TPSA) is 88.9 Å². The summed E-state index contributed by atoms with van der Waals surface area (Å²) in [6.45, 7) is 3.81. The van der Waals surface area contributed by atoms with Crippen molar-refractivity contribution in [1.82, 2.24) is 20.1 Å². The Hall–Kier alpha value is -2.36. The molecule has 2 N–H and O–H groups in total. The molecule has 1 heterocycles. The number of carbonyl (C=O) groups excluding carboxylic acids is 2. The van der Waals surface area contributed by atoms with Crippen LogP contribution in [0, 0.1) is 6.92 Å². The molecule has 10 heteroatoms. The standard InChI is InChI=1S/C21H21BrClN5O2S/c1-12-4-6-14(7-5-12)20(30)24-13(2)19-26-27-21(28(19)3)31-11-18(29)25-15-8-9-16(22)17(23)10-15/h4-10,13H,11H2,1-3H3,(H,24,30)(H,25,29). The molecule has 0 bridgehead atoms. The second-order valence-corrected chi connectivity index (χ2v) is 9.13. The normalized spacial score (nSPS) is 11.8. The van der Waals surface area contributed by atoms with Gasteiger partial charge in [0, 0.05) is 22.8 Å². The zero-order valence-corrected chi connectivity index (χ0v) is 20.3. The SMILES string of the molecule is Cc1ccc(C(=O)NC(C)c2nnc(SCC(=O)Nc3ccc(Br)c(Cl)c3)n2C)cc1. The van der Waals surface area contributed by atoms with E-state index in [0.717, 1.165) is 10.0 Å². The van der Waals surface area contributed by atoms with E-state index in [1.807, 2.05) is 26.0 Å². The number of anilines is 1. The average molecular weight is 523 g/mol. The van der Waals surface area contributed by atoms with Crippen LogP contribution in [0.25, 0.3) is 0 Å². The minimum Gasteiger partial charge on any atom is -0.342 e. The van der Waals surface area contributed by atoms with Crippen LogP contribution in [-0.2, 0) is 11.8 Å². The molecule has 0 aliphatic carbocycles. The lowest BCUT2D eigenvalue weighted by molar-refractivity contribution is -0.113. The molecular weight excluding hydrogens is 502 g/mol. The fourth-order valence-electron chi connectivity index (χ4n) is 2.78. The first-order chi connectivity index (χ1) is 14.7. The first kappa shape index (κ1) is 23.3. The number of aryl methyl sites for hydroxylation is 1. The molecule has 0 spiro atoms. The number of benzene rings is 2. The van der Waals surface area contributed by atoms with Crippen LogP contribution in [0.4, 0.5) is 5.69 Å². The van der Waals surface area contributed by atoms with Crippen molar-refractivity contribution < 1.29 is 9.59 Å². The molecule has 0 radical (unpaired) electrons. The predicted molar refractivity (Wildman–Crippen MR) is 127 cm³/mol. The van der Waals surface area contributed by atoms with Crippen LogP contribution in [-0.4, -0.2) is 32.3 Å². The monoisotopic (exact) mass is 521 g/mol. The van der Waals surface area contributed by atoms with Crippen LogP contribution in [0.15, 0.2) is 52.1 Å². The highest BCUT2D eigenvalue weighted by Crippen LogP contribution is 2.26. The van der Waals surface area contributed by atoms with Gasteiger partial charge in [-0.25, -0.2) is 0 Å². The van der Waals surface area contributed by atoms with E-state index in [-0.39, 0.29) is 23.6 Å². The number of amides is 2. The molecule has 1 unspecified atom stereocenters. The van der Waals surface area contributed by atoms with Gasteiger partial charge < -0.3 is 15.2 Å². The maximum Gasteiger partial charge on any atom is 0.251 e. The Bertz CT molecular complexity index is 1100. The van der Waals surface area contributed by atoms with Gasteiger partial charge in [0.1, 0.15) is 0 Å². The Balaban J connectivity index is 1.57. The summed E-state index contributed by atoms with van der Waals surface area (Å²) in [6, 6.07) is 12.2. The quantitative estimate of drug-likeness (QED) is 0.437. The van der Waals surface area contributed by atoms with E-state index in [1.54, 1.807) is 41.9 Å². The van der Waals surface area contributed by atoms with Crippen LogP contribution in [0.3, 0.4) is 0 Å². The lowest BCUT2D eigenvalue weighted by atomic mass is 10.1. The third kappa shape index (κ3) is 6.09. The van der Waals surface area contributed by atoms with Gasteiger partial charge in [0.25, 0.3) is 5.91 Å². The molecular formula is C21H21BrClN5O2S. The number of carbonyl (C=O) groups is 2. The van der Waals surface area contributed by atoms with Crippen molar-refractivity contribution >= 4 is 56.8 Å². The van der Waals surface area contributed by atoms with Gasteiger partial charge in [0.05, 0.1) is 16.8 Å². The van der Waals surface area contributed by atoms with Gasteiger partial charge in [-0.3, -0.25) is 9.59 Å². The summed E-state index contributed by atoms with van der Waals surface area (Å²) in [6.07, 6.45) is 0. The minimum atomic E-state index is -0.348. The van der Waals surface area contributed by atoms with E-state index >= 15 is 0 Å². The summed E-state index contributed by atoms with van der Waals surface area (Å²) in [5.41, 5.74) is 2.29. The predicted octanol–water partition coefficient (Wildman–Crippen LogP) is 4.76. The number of aromatic nitrogens is 3. The summed E-state index contributed by atoms with van der Waals surface area (Å²) in [5, 5.41) is 15.2. The van der Waals surface area contributed by atoms with E-state index in [9.17, 15) is 9.59 Å².